The predicted octanol–water partition coefficient (Wildman–Crippen LogP) is 2.16. The van der Waals surface area contributed by atoms with Crippen LogP contribution in [0.3, 0.4) is 0 Å². The third kappa shape index (κ3) is 4.57. The Bertz CT molecular complexity index is 940. The number of rotatable bonds is 6. The highest BCUT2D eigenvalue weighted by Crippen LogP contribution is 2.32. The zero-order valence-electron chi connectivity index (χ0n) is 15.2. The quantitative estimate of drug-likeness (QED) is 0.754. The third-order valence-electron chi connectivity index (χ3n) is 3.90. The Hall–Kier alpha value is -2.17. The summed E-state index contributed by atoms with van der Waals surface area (Å²) in [4.78, 5) is 16.8. The van der Waals surface area contributed by atoms with Crippen LogP contribution < -0.4 is 19.5 Å². The Kier molecular flexibility index (Phi) is 5.68. The summed E-state index contributed by atoms with van der Waals surface area (Å²) < 4.78 is 38.9. The molecule has 2 N–H and O–H groups in total. The van der Waals surface area contributed by atoms with Crippen molar-refractivity contribution in [3.63, 3.8) is 0 Å². The fourth-order valence-corrected chi connectivity index (χ4v) is 4.56. The Morgan fingerprint density at radius 1 is 1.22 bits per heavy atom. The van der Waals surface area contributed by atoms with Crippen molar-refractivity contribution < 1.29 is 22.7 Å². The van der Waals surface area contributed by atoms with Crippen molar-refractivity contribution in [3.05, 3.63) is 29.3 Å². The molecule has 10 heteroatoms. The van der Waals surface area contributed by atoms with Crippen LogP contribution in [0, 0.1) is 12.8 Å². The number of ether oxygens (including phenoxy) is 2. The molecule has 2 aromatic rings. The SMILES string of the molecule is Cc1csc(NC(=O)[C@@H](NS(=O)(=O)c2ccc3c(c2)OCCO3)C(C)C)n1. The number of hydrogen-bond donors (Lipinski definition) is 2. The number of carbonyl (C=O) groups excluding carboxylic acids is 1. The summed E-state index contributed by atoms with van der Waals surface area (Å²) in [6.45, 7) is 6.13. The maximum atomic E-state index is 12.8. The largest absolute Gasteiger partial charge is 0.486 e. The second-order valence-electron chi connectivity index (χ2n) is 6.43. The summed E-state index contributed by atoms with van der Waals surface area (Å²) in [5, 5.41) is 4.90. The molecule has 1 atom stereocenters. The number of thiazole rings is 1. The molecule has 0 fully saturated rings. The van der Waals surface area contributed by atoms with Crippen molar-refractivity contribution in [3.8, 4) is 11.5 Å². The molecule has 1 aromatic heterocycles. The van der Waals surface area contributed by atoms with Gasteiger partial charge >= 0.3 is 0 Å². The minimum absolute atomic E-state index is 0.00953. The molecule has 1 aliphatic heterocycles. The summed E-state index contributed by atoms with van der Waals surface area (Å²) in [5.74, 6) is 0.143. The van der Waals surface area contributed by atoms with Crippen molar-refractivity contribution >= 4 is 32.4 Å². The van der Waals surface area contributed by atoms with Gasteiger partial charge in [-0.25, -0.2) is 13.4 Å². The van der Waals surface area contributed by atoms with Crippen LogP contribution >= 0.6 is 11.3 Å². The maximum absolute atomic E-state index is 12.8. The number of fused-ring (bicyclic) bond motifs is 1. The molecule has 1 aliphatic rings. The van der Waals surface area contributed by atoms with Crippen molar-refractivity contribution in [2.45, 2.75) is 31.7 Å². The van der Waals surface area contributed by atoms with Gasteiger partial charge in [0.15, 0.2) is 16.6 Å². The predicted molar refractivity (Wildman–Crippen MR) is 102 cm³/mol. The number of sulfonamides is 1. The minimum Gasteiger partial charge on any atom is -0.486 e. The van der Waals surface area contributed by atoms with E-state index in [1.54, 1.807) is 25.3 Å². The summed E-state index contributed by atoms with van der Waals surface area (Å²) in [5.41, 5.74) is 0.785. The van der Waals surface area contributed by atoms with Crippen molar-refractivity contribution in [1.29, 1.82) is 0 Å². The number of hydrogen-bond acceptors (Lipinski definition) is 7. The van der Waals surface area contributed by atoms with Crippen molar-refractivity contribution in [2.75, 3.05) is 18.5 Å². The standard InChI is InChI=1S/C17H21N3O5S2/c1-10(2)15(16(21)19-17-18-11(3)9-26-17)20-27(22,23)12-4-5-13-14(8-12)25-7-6-24-13/h4-5,8-10,15,20H,6-7H2,1-3H3,(H,18,19,21)/t15-/m0/s1. The van der Waals surface area contributed by atoms with Gasteiger partial charge in [0.1, 0.15) is 19.3 Å². The zero-order chi connectivity index (χ0) is 19.6. The molecule has 1 amide bonds. The molecule has 3 rings (SSSR count). The van der Waals surface area contributed by atoms with Crippen LogP contribution in [0.4, 0.5) is 5.13 Å². The average molecular weight is 412 g/mol. The Labute approximate surface area is 162 Å². The number of amides is 1. The van der Waals surface area contributed by atoms with E-state index in [0.29, 0.717) is 29.8 Å². The lowest BCUT2D eigenvalue weighted by Crippen LogP contribution is -2.47. The van der Waals surface area contributed by atoms with Gasteiger partial charge < -0.3 is 14.8 Å². The molecule has 0 unspecified atom stereocenters. The first-order chi connectivity index (χ1) is 12.8. The van der Waals surface area contributed by atoms with E-state index in [1.165, 1.54) is 23.5 Å². The average Bonchev–Trinajstić information content (AvgIpc) is 3.03. The second-order valence-corrected chi connectivity index (χ2v) is 9.00. The van der Waals surface area contributed by atoms with Gasteiger partial charge in [-0.05, 0) is 25.0 Å². The molecule has 0 saturated heterocycles. The van der Waals surface area contributed by atoms with Crippen LogP contribution in [0.2, 0.25) is 0 Å². The monoisotopic (exact) mass is 411 g/mol. The molecule has 0 aliphatic carbocycles. The number of nitrogens with one attached hydrogen (secondary N) is 2. The molecule has 27 heavy (non-hydrogen) atoms. The zero-order valence-corrected chi connectivity index (χ0v) is 16.8. The normalized spacial score (nSPS) is 14.8. The molecular weight excluding hydrogens is 390 g/mol. The summed E-state index contributed by atoms with van der Waals surface area (Å²) >= 11 is 1.29. The smallest absolute Gasteiger partial charge is 0.244 e. The number of aromatic nitrogens is 1. The van der Waals surface area contributed by atoms with E-state index in [-0.39, 0.29) is 10.8 Å². The Balaban J connectivity index is 1.79. The number of aryl methyl sites for hydroxylation is 1. The highest BCUT2D eigenvalue weighted by Gasteiger charge is 2.29. The van der Waals surface area contributed by atoms with Crippen LogP contribution in [0.1, 0.15) is 19.5 Å². The Morgan fingerprint density at radius 2 is 1.93 bits per heavy atom. The van der Waals surface area contributed by atoms with E-state index in [9.17, 15) is 13.2 Å². The lowest BCUT2D eigenvalue weighted by molar-refractivity contribution is -0.118. The van der Waals surface area contributed by atoms with Crippen LogP contribution in [0.5, 0.6) is 11.5 Å². The molecule has 1 aromatic carbocycles. The lowest BCUT2D eigenvalue weighted by Gasteiger charge is -2.22. The van der Waals surface area contributed by atoms with Gasteiger partial charge in [0.2, 0.25) is 15.9 Å². The topological polar surface area (TPSA) is 107 Å². The summed E-state index contributed by atoms with van der Waals surface area (Å²) in [6, 6.07) is 3.42. The van der Waals surface area contributed by atoms with Gasteiger partial charge in [0.05, 0.1) is 10.6 Å². The molecule has 146 valence electrons. The fraction of sp³-hybridized carbons (Fsp3) is 0.412. The first-order valence-electron chi connectivity index (χ1n) is 8.41. The van der Waals surface area contributed by atoms with E-state index >= 15 is 0 Å². The molecule has 0 saturated carbocycles. The number of nitrogens with zero attached hydrogens (tertiary/aromatic N) is 1. The van der Waals surface area contributed by atoms with Gasteiger partial charge in [-0.1, -0.05) is 13.8 Å². The molecular formula is C17H21N3O5S2. The summed E-state index contributed by atoms with van der Waals surface area (Å²) in [7, 11) is -3.93. The van der Waals surface area contributed by atoms with Crippen molar-refractivity contribution in [1.82, 2.24) is 9.71 Å². The molecule has 2 heterocycles. The van der Waals surface area contributed by atoms with Gasteiger partial charge in [-0.2, -0.15) is 4.72 Å². The third-order valence-corrected chi connectivity index (χ3v) is 6.22. The maximum Gasteiger partial charge on any atom is 0.244 e. The second kappa shape index (κ2) is 7.83. The van der Waals surface area contributed by atoms with Crippen LogP contribution in [-0.4, -0.2) is 38.6 Å². The van der Waals surface area contributed by atoms with Crippen LogP contribution in [0.15, 0.2) is 28.5 Å². The highest BCUT2D eigenvalue weighted by molar-refractivity contribution is 7.89. The van der Waals surface area contributed by atoms with E-state index < -0.39 is 22.0 Å². The number of carbonyl (C=O) groups is 1. The van der Waals surface area contributed by atoms with E-state index in [4.69, 9.17) is 9.47 Å². The van der Waals surface area contributed by atoms with E-state index in [2.05, 4.69) is 15.0 Å². The van der Waals surface area contributed by atoms with E-state index in [1.807, 2.05) is 6.92 Å². The van der Waals surface area contributed by atoms with Crippen molar-refractivity contribution in [2.24, 2.45) is 5.92 Å². The van der Waals surface area contributed by atoms with Crippen LogP contribution in [-0.2, 0) is 14.8 Å². The van der Waals surface area contributed by atoms with E-state index in [0.717, 1.165) is 5.69 Å². The number of benzene rings is 1. The molecule has 8 nitrogen and oxygen atoms in total. The first kappa shape index (κ1) is 19.6. The van der Waals surface area contributed by atoms with Crippen LogP contribution in [0.25, 0.3) is 0 Å². The number of anilines is 1. The van der Waals surface area contributed by atoms with Gasteiger partial charge in [0, 0.05) is 11.4 Å². The fourth-order valence-electron chi connectivity index (χ4n) is 2.51. The van der Waals surface area contributed by atoms with Gasteiger partial charge in [-0.15, -0.1) is 11.3 Å². The minimum atomic E-state index is -3.93. The Morgan fingerprint density at radius 3 is 2.56 bits per heavy atom. The highest BCUT2D eigenvalue weighted by atomic mass is 32.2. The first-order valence-corrected chi connectivity index (χ1v) is 10.8. The molecule has 0 spiro atoms. The molecule has 0 radical (unpaired) electrons. The summed E-state index contributed by atoms with van der Waals surface area (Å²) in [6.07, 6.45) is 0. The van der Waals surface area contributed by atoms with Gasteiger partial charge in [-0.3, -0.25) is 4.79 Å². The molecule has 0 bridgehead atoms. The lowest BCUT2D eigenvalue weighted by atomic mass is 10.1. The van der Waals surface area contributed by atoms with Gasteiger partial charge in [0.25, 0.3) is 0 Å².